The van der Waals surface area contributed by atoms with E-state index in [1.165, 1.54) is 6.42 Å². The first kappa shape index (κ1) is 17.5. The number of allylic oxidation sites excluding steroid dienone is 4. The van der Waals surface area contributed by atoms with E-state index in [0.717, 1.165) is 22.5 Å². The summed E-state index contributed by atoms with van der Waals surface area (Å²) in [6.45, 7) is 7.23. The summed E-state index contributed by atoms with van der Waals surface area (Å²) >= 11 is 3.45. The van der Waals surface area contributed by atoms with Crippen LogP contribution in [0.3, 0.4) is 0 Å². The highest BCUT2D eigenvalue weighted by Crippen LogP contribution is 2.49. The maximum atomic E-state index is 5.93. The van der Waals surface area contributed by atoms with E-state index in [4.69, 9.17) is 9.47 Å². The fraction of sp³-hybridized carbons (Fsp3) is 0.579. The molecule has 0 amide bonds. The average molecular weight is 393 g/mol. The van der Waals surface area contributed by atoms with Crippen LogP contribution in [0.25, 0.3) is 0 Å². The summed E-state index contributed by atoms with van der Waals surface area (Å²) in [5.41, 5.74) is 1.54. The Balaban J connectivity index is 1.63. The van der Waals surface area contributed by atoms with Gasteiger partial charge in [0.15, 0.2) is 0 Å². The zero-order chi connectivity index (χ0) is 17.3. The minimum absolute atomic E-state index is 0.575. The van der Waals surface area contributed by atoms with E-state index in [9.17, 15) is 0 Å². The van der Waals surface area contributed by atoms with E-state index in [2.05, 4.69) is 51.9 Å². The molecule has 4 unspecified atom stereocenters. The van der Waals surface area contributed by atoms with Crippen molar-refractivity contribution in [1.29, 1.82) is 0 Å². The van der Waals surface area contributed by atoms with Crippen LogP contribution in [0.2, 0.25) is 0 Å². The van der Waals surface area contributed by atoms with Gasteiger partial charge in [-0.1, -0.05) is 25.5 Å². The largest absolute Gasteiger partial charge is 0.501 e. The predicted molar refractivity (Wildman–Crippen MR) is 97.7 cm³/mol. The number of hydrogen-bond acceptors (Lipinski definition) is 4. The molecule has 0 bridgehead atoms. The highest BCUT2D eigenvalue weighted by atomic mass is 79.9. The molecule has 2 aliphatic carbocycles. The van der Waals surface area contributed by atoms with Crippen molar-refractivity contribution in [1.82, 2.24) is 9.97 Å². The third kappa shape index (κ3) is 3.82. The lowest BCUT2D eigenvalue weighted by atomic mass is 9.84. The van der Waals surface area contributed by atoms with Crippen LogP contribution in [0.4, 0.5) is 0 Å². The van der Waals surface area contributed by atoms with Crippen LogP contribution in [0.15, 0.2) is 34.2 Å². The van der Waals surface area contributed by atoms with Gasteiger partial charge in [0.05, 0.1) is 23.9 Å². The van der Waals surface area contributed by atoms with E-state index < -0.39 is 0 Å². The van der Waals surface area contributed by atoms with Crippen molar-refractivity contribution in [2.75, 3.05) is 13.7 Å². The second kappa shape index (κ2) is 7.26. The molecule has 3 rings (SSSR count). The third-order valence-corrected chi connectivity index (χ3v) is 5.79. The second-order valence-corrected chi connectivity index (χ2v) is 7.81. The summed E-state index contributed by atoms with van der Waals surface area (Å²) in [4.78, 5) is 8.50. The molecule has 4 nitrogen and oxygen atoms in total. The van der Waals surface area contributed by atoms with E-state index in [-0.39, 0.29) is 0 Å². The fourth-order valence-corrected chi connectivity index (χ4v) is 3.71. The lowest BCUT2D eigenvalue weighted by Gasteiger charge is -2.21. The number of aromatic nitrogens is 2. The van der Waals surface area contributed by atoms with Gasteiger partial charge in [-0.15, -0.1) is 0 Å². The molecule has 5 heteroatoms. The molecule has 1 fully saturated rings. The van der Waals surface area contributed by atoms with Crippen molar-refractivity contribution >= 4 is 15.9 Å². The minimum Gasteiger partial charge on any atom is -0.501 e. The smallest absolute Gasteiger partial charge is 0.231 e. The molecular formula is C19H25BrN2O2. The molecule has 4 atom stereocenters. The Bertz CT molecular complexity index is 671. The Kier molecular flexibility index (Phi) is 5.28. The fourth-order valence-electron chi connectivity index (χ4n) is 3.41. The van der Waals surface area contributed by atoms with Gasteiger partial charge < -0.3 is 9.47 Å². The highest BCUT2D eigenvalue weighted by Gasteiger charge is 2.43. The molecule has 1 aromatic heterocycles. The van der Waals surface area contributed by atoms with E-state index in [1.807, 2.05) is 6.92 Å². The molecule has 1 saturated carbocycles. The van der Waals surface area contributed by atoms with Crippen LogP contribution in [-0.4, -0.2) is 23.7 Å². The van der Waals surface area contributed by atoms with Gasteiger partial charge in [-0.05, 0) is 53.1 Å². The monoisotopic (exact) mass is 392 g/mol. The number of nitrogens with zero attached hydrogens (tertiary/aromatic N) is 2. The topological polar surface area (TPSA) is 44.2 Å². The van der Waals surface area contributed by atoms with Crippen molar-refractivity contribution in [3.8, 4) is 5.88 Å². The molecule has 0 aromatic carbocycles. The van der Waals surface area contributed by atoms with Gasteiger partial charge in [0, 0.05) is 18.5 Å². The third-order valence-electron chi connectivity index (χ3n) is 5.24. The molecule has 0 aliphatic heterocycles. The quantitative estimate of drug-likeness (QED) is 0.728. The van der Waals surface area contributed by atoms with Crippen molar-refractivity contribution in [3.63, 3.8) is 0 Å². The summed E-state index contributed by atoms with van der Waals surface area (Å²) in [5.74, 6) is 4.83. The van der Waals surface area contributed by atoms with Crippen molar-refractivity contribution in [2.45, 2.75) is 33.6 Å². The Morgan fingerprint density at radius 3 is 2.83 bits per heavy atom. The number of ether oxygens (including phenoxy) is 2. The van der Waals surface area contributed by atoms with E-state index in [1.54, 1.807) is 18.9 Å². The van der Waals surface area contributed by atoms with Crippen LogP contribution in [0.1, 0.15) is 32.5 Å². The van der Waals surface area contributed by atoms with Gasteiger partial charge in [-0.3, -0.25) is 0 Å². The number of methoxy groups -OCH3 is 1. The standard InChI is InChI=1S/C19H25BrN2O2/c1-11-7-15(23-4)5-6-16(12(11)2)17-8-14(17)10-24-19-18(20)9-21-13(3)22-19/h5-6,9,11-12,14,17H,7-8,10H2,1-4H3. The van der Waals surface area contributed by atoms with Crippen LogP contribution in [-0.2, 0) is 4.74 Å². The molecule has 1 heterocycles. The lowest BCUT2D eigenvalue weighted by molar-refractivity contribution is 0.251. The summed E-state index contributed by atoms with van der Waals surface area (Å²) in [5, 5.41) is 0. The van der Waals surface area contributed by atoms with Crippen LogP contribution < -0.4 is 4.74 Å². The summed E-state index contributed by atoms with van der Waals surface area (Å²) < 4.78 is 12.2. The SMILES string of the molecule is COC1=CC=C(C2CC2COc2nc(C)ncc2Br)C(C)C(C)C1. The van der Waals surface area contributed by atoms with Gasteiger partial charge in [-0.25, -0.2) is 4.98 Å². The number of rotatable bonds is 5. The van der Waals surface area contributed by atoms with Crippen LogP contribution in [0, 0.1) is 30.6 Å². The second-order valence-electron chi connectivity index (χ2n) is 6.96. The average Bonchev–Trinajstić information content (AvgIpc) is 3.34. The molecule has 1 aromatic rings. The van der Waals surface area contributed by atoms with Crippen molar-refractivity contribution in [2.24, 2.45) is 23.7 Å². The number of hydrogen-bond donors (Lipinski definition) is 0. The van der Waals surface area contributed by atoms with Crippen molar-refractivity contribution in [3.05, 3.63) is 40.0 Å². The molecule has 2 aliphatic rings. The zero-order valence-electron chi connectivity index (χ0n) is 14.8. The molecule has 0 radical (unpaired) electrons. The summed E-state index contributed by atoms with van der Waals surface area (Å²) in [7, 11) is 1.76. The molecule has 24 heavy (non-hydrogen) atoms. The normalized spacial score (nSPS) is 29.4. The first-order valence-corrected chi connectivity index (χ1v) is 9.35. The Morgan fingerprint density at radius 2 is 2.08 bits per heavy atom. The Labute approximate surface area is 152 Å². The van der Waals surface area contributed by atoms with Crippen LogP contribution >= 0.6 is 15.9 Å². The van der Waals surface area contributed by atoms with Gasteiger partial charge in [-0.2, -0.15) is 4.98 Å². The van der Waals surface area contributed by atoms with E-state index >= 15 is 0 Å². The van der Waals surface area contributed by atoms with Crippen molar-refractivity contribution < 1.29 is 9.47 Å². The van der Waals surface area contributed by atoms with Gasteiger partial charge in [0.1, 0.15) is 5.82 Å². The first-order chi connectivity index (χ1) is 11.5. The molecule has 0 spiro atoms. The zero-order valence-corrected chi connectivity index (χ0v) is 16.3. The van der Waals surface area contributed by atoms with Gasteiger partial charge >= 0.3 is 0 Å². The maximum Gasteiger partial charge on any atom is 0.231 e. The van der Waals surface area contributed by atoms with E-state index in [0.29, 0.717) is 36.2 Å². The van der Waals surface area contributed by atoms with Gasteiger partial charge in [0.2, 0.25) is 5.88 Å². The molecule has 130 valence electrons. The minimum atomic E-state index is 0.575. The Morgan fingerprint density at radius 1 is 1.29 bits per heavy atom. The molecule has 0 N–H and O–H groups in total. The predicted octanol–water partition coefficient (Wildman–Crippen LogP) is 4.70. The number of aryl methyl sites for hydroxylation is 1. The first-order valence-electron chi connectivity index (χ1n) is 8.56. The Hall–Kier alpha value is -1.36. The number of halogens is 1. The van der Waals surface area contributed by atoms with Crippen LogP contribution in [0.5, 0.6) is 5.88 Å². The van der Waals surface area contributed by atoms with Gasteiger partial charge in [0.25, 0.3) is 0 Å². The molecule has 0 saturated heterocycles. The summed E-state index contributed by atoms with van der Waals surface area (Å²) in [6.07, 6.45) is 8.38. The maximum absolute atomic E-state index is 5.93. The lowest BCUT2D eigenvalue weighted by Crippen LogP contribution is -2.13. The molecular weight excluding hydrogens is 368 g/mol. The summed E-state index contributed by atoms with van der Waals surface area (Å²) in [6, 6.07) is 0. The highest BCUT2D eigenvalue weighted by molar-refractivity contribution is 9.10.